The molecule has 2 unspecified atom stereocenters. The second-order valence-corrected chi connectivity index (χ2v) is 7.82. The van der Waals surface area contributed by atoms with Gasteiger partial charge in [0.2, 0.25) is 0 Å². The van der Waals surface area contributed by atoms with E-state index < -0.39 is 0 Å². The lowest BCUT2D eigenvalue weighted by atomic mass is 9.92. The van der Waals surface area contributed by atoms with Crippen LogP contribution in [0.2, 0.25) is 0 Å². The molecule has 2 atom stereocenters. The van der Waals surface area contributed by atoms with Gasteiger partial charge in [-0.3, -0.25) is 4.79 Å². The van der Waals surface area contributed by atoms with E-state index in [4.69, 9.17) is 4.74 Å². The highest BCUT2D eigenvalue weighted by Crippen LogP contribution is 2.30. The molecule has 156 valence electrons. The van der Waals surface area contributed by atoms with Crippen LogP contribution in [-0.4, -0.2) is 5.97 Å². The van der Waals surface area contributed by atoms with Crippen molar-refractivity contribution in [2.75, 3.05) is 0 Å². The van der Waals surface area contributed by atoms with Crippen LogP contribution in [0, 0.1) is 0 Å². The summed E-state index contributed by atoms with van der Waals surface area (Å²) in [6.45, 7) is 2.19. The largest absolute Gasteiger partial charge is 0.457 e. The highest BCUT2D eigenvalue weighted by atomic mass is 16.5. The minimum Gasteiger partial charge on any atom is -0.457 e. The molecule has 0 saturated carbocycles. The number of hydrogen-bond acceptors (Lipinski definition) is 2. The van der Waals surface area contributed by atoms with E-state index in [1.807, 2.05) is 66.7 Å². The van der Waals surface area contributed by atoms with E-state index in [1.165, 1.54) is 5.56 Å². The fourth-order valence-electron chi connectivity index (χ4n) is 3.83. The molecule has 3 aromatic carbocycles. The normalized spacial score (nSPS) is 12.8. The van der Waals surface area contributed by atoms with Crippen molar-refractivity contribution in [3.63, 3.8) is 0 Å². The van der Waals surface area contributed by atoms with Crippen molar-refractivity contribution in [1.29, 1.82) is 0 Å². The Balaban J connectivity index is 1.76. The zero-order valence-electron chi connectivity index (χ0n) is 17.9. The molecule has 0 aliphatic rings. The van der Waals surface area contributed by atoms with Crippen LogP contribution in [0.15, 0.2) is 91.0 Å². The van der Waals surface area contributed by atoms with Gasteiger partial charge in [-0.15, -0.1) is 0 Å². The van der Waals surface area contributed by atoms with E-state index in [2.05, 4.69) is 31.2 Å². The molecule has 30 heavy (non-hydrogen) atoms. The number of carbonyl (C=O) groups excluding carboxylic acids is 1. The van der Waals surface area contributed by atoms with Crippen LogP contribution in [-0.2, 0) is 16.0 Å². The van der Waals surface area contributed by atoms with Crippen LogP contribution in [0.5, 0.6) is 0 Å². The minimum atomic E-state index is -0.260. The molecule has 0 aromatic heterocycles. The van der Waals surface area contributed by atoms with Gasteiger partial charge in [0.05, 0.1) is 5.92 Å². The van der Waals surface area contributed by atoms with Crippen molar-refractivity contribution >= 4 is 5.97 Å². The molecule has 0 saturated heterocycles. The summed E-state index contributed by atoms with van der Waals surface area (Å²) >= 11 is 0. The van der Waals surface area contributed by atoms with Gasteiger partial charge in [-0.1, -0.05) is 111 Å². The number of ether oxygens (including phenoxy) is 1. The molecule has 3 rings (SSSR count). The van der Waals surface area contributed by atoms with Crippen molar-refractivity contribution in [2.45, 2.75) is 57.5 Å². The number of benzene rings is 3. The Morgan fingerprint density at radius 2 is 1.30 bits per heavy atom. The fraction of sp³-hybridized carbons (Fsp3) is 0.321. The Morgan fingerprint density at radius 1 is 0.733 bits per heavy atom. The summed E-state index contributed by atoms with van der Waals surface area (Å²) in [5, 5.41) is 0. The van der Waals surface area contributed by atoms with Crippen LogP contribution in [0.3, 0.4) is 0 Å². The molecule has 3 aromatic rings. The monoisotopic (exact) mass is 400 g/mol. The first kappa shape index (κ1) is 21.8. The zero-order valence-corrected chi connectivity index (χ0v) is 17.9. The first-order valence-electron chi connectivity index (χ1n) is 11.1. The Labute approximate surface area is 180 Å². The number of esters is 1. The number of rotatable bonds is 11. The van der Waals surface area contributed by atoms with Gasteiger partial charge in [-0.05, 0) is 42.4 Å². The van der Waals surface area contributed by atoms with Gasteiger partial charge in [-0.25, -0.2) is 0 Å². The third-order valence-corrected chi connectivity index (χ3v) is 5.55. The molecule has 2 heteroatoms. The Hall–Kier alpha value is -2.87. The quantitative estimate of drug-likeness (QED) is 0.250. The Bertz CT molecular complexity index is 859. The predicted octanol–water partition coefficient (Wildman–Crippen LogP) is 7.27. The lowest BCUT2D eigenvalue weighted by Gasteiger charge is -2.23. The van der Waals surface area contributed by atoms with Crippen molar-refractivity contribution in [1.82, 2.24) is 0 Å². The number of carbonyl (C=O) groups is 1. The van der Waals surface area contributed by atoms with Crippen molar-refractivity contribution in [3.05, 3.63) is 108 Å². The lowest BCUT2D eigenvalue weighted by molar-refractivity contribution is -0.152. The van der Waals surface area contributed by atoms with Gasteiger partial charge >= 0.3 is 5.97 Å². The van der Waals surface area contributed by atoms with Gasteiger partial charge < -0.3 is 4.74 Å². The standard InChI is InChI=1S/C28H32O2/c1-2-3-7-20-27(25-18-12-6-13-19-25)30-28(29)26(24-16-10-5-11-17-24)22-21-23-14-8-4-9-15-23/h4-6,8-19,26-27H,2-3,7,20-22H2,1H3. The fourth-order valence-corrected chi connectivity index (χ4v) is 3.83. The van der Waals surface area contributed by atoms with Crippen LogP contribution in [0.25, 0.3) is 0 Å². The zero-order chi connectivity index (χ0) is 21.0. The smallest absolute Gasteiger partial charge is 0.314 e. The topological polar surface area (TPSA) is 26.3 Å². The average Bonchev–Trinajstić information content (AvgIpc) is 2.81. The first-order valence-corrected chi connectivity index (χ1v) is 11.1. The van der Waals surface area contributed by atoms with Crippen LogP contribution < -0.4 is 0 Å². The van der Waals surface area contributed by atoms with Crippen LogP contribution in [0.1, 0.15) is 67.7 Å². The SMILES string of the molecule is CCCCCC(OC(=O)C(CCc1ccccc1)c1ccccc1)c1ccccc1. The van der Waals surface area contributed by atoms with E-state index in [0.717, 1.165) is 49.7 Å². The van der Waals surface area contributed by atoms with Gasteiger partial charge in [0.1, 0.15) is 6.10 Å². The van der Waals surface area contributed by atoms with E-state index in [-0.39, 0.29) is 18.0 Å². The Morgan fingerprint density at radius 3 is 1.90 bits per heavy atom. The molecule has 0 heterocycles. The summed E-state index contributed by atoms with van der Waals surface area (Å²) in [7, 11) is 0. The van der Waals surface area contributed by atoms with Gasteiger partial charge in [-0.2, -0.15) is 0 Å². The molecule has 0 aliphatic carbocycles. The molecule has 0 fully saturated rings. The lowest BCUT2D eigenvalue weighted by Crippen LogP contribution is -2.20. The molecular formula is C28H32O2. The highest BCUT2D eigenvalue weighted by Gasteiger charge is 2.25. The summed E-state index contributed by atoms with van der Waals surface area (Å²) in [5.41, 5.74) is 3.35. The van der Waals surface area contributed by atoms with Crippen molar-refractivity contribution in [2.24, 2.45) is 0 Å². The maximum Gasteiger partial charge on any atom is 0.314 e. The molecule has 0 amide bonds. The molecular weight excluding hydrogens is 368 g/mol. The number of unbranched alkanes of at least 4 members (excludes halogenated alkanes) is 2. The summed E-state index contributed by atoms with van der Waals surface area (Å²) in [4.78, 5) is 13.4. The van der Waals surface area contributed by atoms with E-state index in [9.17, 15) is 4.79 Å². The third-order valence-electron chi connectivity index (χ3n) is 5.55. The summed E-state index contributed by atoms with van der Waals surface area (Å²) in [5.74, 6) is -0.383. The average molecular weight is 401 g/mol. The number of hydrogen-bond donors (Lipinski definition) is 0. The second kappa shape index (κ2) is 12.0. The van der Waals surface area contributed by atoms with Crippen molar-refractivity contribution < 1.29 is 9.53 Å². The van der Waals surface area contributed by atoms with Gasteiger partial charge in [0, 0.05) is 0 Å². The predicted molar refractivity (Wildman–Crippen MR) is 123 cm³/mol. The molecule has 0 bridgehead atoms. The van der Waals surface area contributed by atoms with Crippen molar-refractivity contribution in [3.8, 4) is 0 Å². The van der Waals surface area contributed by atoms with Gasteiger partial charge in [0.25, 0.3) is 0 Å². The first-order chi connectivity index (χ1) is 14.8. The van der Waals surface area contributed by atoms with Gasteiger partial charge in [0.15, 0.2) is 0 Å². The Kier molecular flexibility index (Phi) is 8.71. The summed E-state index contributed by atoms with van der Waals surface area (Å²) in [6, 6.07) is 30.5. The number of aryl methyl sites for hydroxylation is 1. The molecule has 0 aliphatic heterocycles. The van der Waals surface area contributed by atoms with E-state index in [0.29, 0.717) is 0 Å². The maximum atomic E-state index is 13.4. The van der Waals surface area contributed by atoms with E-state index in [1.54, 1.807) is 0 Å². The molecule has 0 spiro atoms. The van der Waals surface area contributed by atoms with E-state index >= 15 is 0 Å². The molecule has 0 N–H and O–H groups in total. The minimum absolute atomic E-state index is 0.123. The highest BCUT2D eigenvalue weighted by molar-refractivity contribution is 5.78. The second-order valence-electron chi connectivity index (χ2n) is 7.82. The van der Waals surface area contributed by atoms with Crippen LogP contribution in [0.4, 0.5) is 0 Å². The molecule has 0 radical (unpaired) electrons. The third kappa shape index (κ3) is 6.59. The maximum absolute atomic E-state index is 13.4. The van der Waals surface area contributed by atoms with Crippen LogP contribution >= 0.6 is 0 Å². The summed E-state index contributed by atoms with van der Waals surface area (Å²) < 4.78 is 6.15. The molecule has 2 nitrogen and oxygen atoms in total. The summed E-state index contributed by atoms with van der Waals surface area (Å²) in [6.07, 6.45) is 5.63.